The molecular formula is C35H28N2O2. The molecule has 4 aromatic rings. The molecule has 5 rings (SSSR count). The molecule has 0 radical (unpaired) electrons. The lowest BCUT2D eigenvalue weighted by Gasteiger charge is -2.31. The number of nitrogens with zero attached hydrogens (tertiary/aromatic N) is 2. The van der Waals surface area contributed by atoms with Gasteiger partial charge in [0.05, 0.1) is 0 Å². The van der Waals surface area contributed by atoms with Crippen LogP contribution in [-0.2, 0) is 11.2 Å². The molecular weight excluding hydrogens is 480 g/mol. The number of aryl methyl sites for hydroxylation is 1. The monoisotopic (exact) mass is 508 g/mol. The van der Waals surface area contributed by atoms with Gasteiger partial charge in [-0.15, -0.1) is 0 Å². The lowest BCUT2D eigenvalue weighted by atomic mass is 9.95. The van der Waals surface area contributed by atoms with E-state index in [0.29, 0.717) is 0 Å². The van der Waals surface area contributed by atoms with Gasteiger partial charge in [0, 0.05) is 17.9 Å². The molecule has 0 bridgehead atoms. The fraction of sp³-hybridized carbons (Fsp3) is 0.0857. The Labute approximate surface area is 229 Å². The summed E-state index contributed by atoms with van der Waals surface area (Å²) >= 11 is 0. The highest BCUT2D eigenvalue weighted by Gasteiger charge is 2.18. The van der Waals surface area contributed by atoms with Crippen LogP contribution in [0.4, 0.5) is 11.4 Å². The molecule has 0 fully saturated rings. The quantitative estimate of drug-likeness (QED) is 0.119. The Bertz CT molecular complexity index is 1550. The number of carboxylic acid groups (broad SMARTS) is 1. The molecule has 0 amide bonds. The van der Waals surface area contributed by atoms with Gasteiger partial charge in [-0.25, -0.2) is 4.79 Å². The minimum Gasteiger partial charge on any atom is -0.477 e. The lowest BCUT2D eigenvalue weighted by molar-refractivity contribution is -0.132. The van der Waals surface area contributed by atoms with Crippen LogP contribution in [0.25, 0.3) is 17.7 Å². The third-order valence-corrected chi connectivity index (χ3v) is 6.81. The summed E-state index contributed by atoms with van der Waals surface area (Å²) in [4.78, 5) is 13.4. The van der Waals surface area contributed by atoms with Crippen molar-refractivity contribution in [3.8, 4) is 6.07 Å². The van der Waals surface area contributed by atoms with Crippen molar-refractivity contribution in [3.05, 3.63) is 149 Å². The van der Waals surface area contributed by atoms with Crippen molar-refractivity contribution in [3.63, 3.8) is 0 Å². The summed E-state index contributed by atoms with van der Waals surface area (Å²) in [7, 11) is 0. The second kappa shape index (κ2) is 11.9. The summed E-state index contributed by atoms with van der Waals surface area (Å²) in [5, 5.41) is 17.9. The minimum absolute atomic E-state index is 0.284. The number of benzene rings is 4. The first-order valence-electron chi connectivity index (χ1n) is 13.0. The molecule has 0 unspecified atom stereocenters. The van der Waals surface area contributed by atoms with Crippen LogP contribution in [0.15, 0.2) is 121 Å². The van der Waals surface area contributed by atoms with Crippen LogP contribution in [0.3, 0.4) is 0 Å². The van der Waals surface area contributed by atoms with Crippen molar-refractivity contribution in [1.29, 1.82) is 5.26 Å². The van der Waals surface area contributed by atoms with Gasteiger partial charge in [0.1, 0.15) is 11.6 Å². The van der Waals surface area contributed by atoms with E-state index in [1.807, 2.05) is 24.3 Å². The van der Waals surface area contributed by atoms with E-state index in [1.165, 1.54) is 34.0 Å². The van der Waals surface area contributed by atoms with Gasteiger partial charge in [0.25, 0.3) is 0 Å². The van der Waals surface area contributed by atoms with Crippen LogP contribution < -0.4 is 4.90 Å². The minimum atomic E-state index is -1.22. The second-order valence-electron chi connectivity index (χ2n) is 9.38. The van der Waals surface area contributed by atoms with Crippen molar-refractivity contribution in [2.45, 2.75) is 12.8 Å². The second-order valence-corrected chi connectivity index (χ2v) is 9.38. The fourth-order valence-corrected chi connectivity index (χ4v) is 4.89. The van der Waals surface area contributed by atoms with Gasteiger partial charge in [-0.05, 0) is 82.6 Å². The maximum atomic E-state index is 11.0. The molecule has 4 heteroatoms. The van der Waals surface area contributed by atoms with E-state index >= 15 is 0 Å². The van der Waals surface area contributed by atoms with E-state index in [2.05, 4.69) is 95.9 Å². The highest BCUT2D eigenvalue weighted by atomic mass is 16.4. The maximum Gasteiger partial charge on any atom is 0.346 e. The van der Waals surface area contributed by atoms with Crippen molar-refractivity contribution in [2.24, 2.45) is 0 Å². The average Bonchev–Trinajstić information content (AvgIpc) is 2.99. The van der Waals surface area contributed by atoms with Crippen LogP contribution in [0.1, 0.15) is 34.2 Å². The number of fused-ring (bicyclic) bond motifs is 1. The SMILES string of the molecule is N#C/C(=C\C=C\c1ccc2c(c1)CCCN2c1ccc(C=C(c2ccccc2)c2ccccc2)cc1)C(=O)O. The Balaban J connectivity index is 1.40. The van der Waals surface area contributed by atoms with Crippen LogP contribution in [0.2, 0.25) is 0 Å². The molecule has 0 aliphatic carbocycles. The van der Waals surface area contributed by atoms with Gasteiger partial charge >= 0.3 is 5.97 Å². The number of carboxylic acids is 1. The molecule has 0 spiro atoms. The largest absolute Gasteiger partial charge is 0.477 e. The molecule has 0 aromatic heterocycles. The molecule has 0 saturated heterocycles. The van der Waals surface area contributed by atoms with E-state index in [9.17, 15) is 4.79 Å². The standard InChI is InChI=1S/C35H28N2O2/c36-25-31(35(38)39)14-7-9-26-18-21-34-30(23-26)15-8-22-37(34)32-19-16-27(17-20-32)24-33(28-10-3-1-4-11-28)29-12-5-2-6-13-29/h1-7,9-14,16-21,23-24H,8,15,22H2,(H,38,39)/b9-7+,31-14+. The molecule has 0 saturated carbocycles. The molecule has 4 nitrogen and oxygen atoms in total. The van der Waals surface area contributed by atoms with Gasteiger partial charge < -0.3 is 10.0 Å². The van der Waals surface area contributed by atoms with Gasteiger partial charge in [0.2, 0.25) is 0 Å². The number of rotatable bonds is 7. The highest BCUT2D eigenvalue weighted by Crippen LogP contribution is 2.35. The zero-order valence-electron chi connectivity index (χ0n) is 21.5. The van der Waals surface area contributed by atoms with Crippen molar-refractivity contribution in [2.75, 3.05) is 11.4 Å². The molecule has 1 heterocycles. The van der Waals surface area contributed by atoms with Crippen LogP contribution in [-0.4, -0.2) is 17.6 Å². The summed E-state index contributed by atoms with van der Waals surface area (Å²) in [6.45, 7) is 0.948. The van der Waals surface area contributed by atoms with Crippen LogP contribution in [0, 0.1) is 11.3 Å². The number of nitriles is 1. The first-order valence-corrected chi connectivity index (χ1v) is 13.0. The van der Waals surface area contributed by atoms with E-state index in [-0.39, 0.29) is 5.57 Å². The third kappa shape index (κ3) is 6.06. The molecule has 1 aliphatic heterocycles. The fourth-order valence-electron chi connectivity index (χ4n) is 4.89. The normalized spacial score (nSPS) is 13.0. The molecule has 1 aliphatic rings. The summed E-state index contributed by atoms with van der Waals surface area (Å²) in [5.41, 5.74) is 8.99. The van der Waals surface area contributed by atoms with Crippen molar-refractivity contribution >= 4 is 35.1 Å². The zero-order valence-corrected chi connectivity index (χ0v) is 21.5. The molecule has 39 heavy (non-hydrogen) atoms. The summed E-state index contributed by atoms with van der Waals surface area (Å²) in [6.07, 6.45) is 9.04. The molecule has 190 valence electrons. The number of carbonyl (C=O) groups is 1. The highest BCUT2D eigenvalue weighted by molar-refractivity contribution is 5.92. The van der Waals surface area contributed by atoms with Crippen LogP contribution in [0.5, 0.6) is 0 Å². The number of anilines is 2. The van der Waals surface area contributed by atoms with Gasteiger partial charge in [-0.1, -0.05) is 91.0 Å². The zero-order chi connectivity index (χ0) is 27.0. The maximum absolute atomic E-state index is 11.0. The first-order chi connectivity index (χ1) is 19.1. The number of hydrogen-bond donors (Lipinski definition) is 1. The lowest BCUT2D eigenvalue weighted by Crippen LogP contribution is -2.24. The Morgan fingerprint density at radius 3 is 2.10 bits per heavy atom. The third-order valence-electron chi connectivity index (χ3n) is 6.81. The number of allylic oxidation sites excluding steroid dienone is 2. The average molecular weight is 509 g/mol. The predicted molar refractivity (Wildman–Crippen MR) is 158 cm³/mol. The van der Waals surface area contributed by atoms with Gasteiger partial charge in [0.15, 0.2) is 0 Å². The van der Waals surface area contributed by atoms with Gasteiger partial charge in [-0.3, -0.25) is 0 Å². The van der Waals surface area contributed by atoms with E-state index in [4.69, 9.17) is 10.4 Å². The Morgan fingerprint density at radius 1 is 0.846 bits per heavy atom. The topological polar surface area (TPSA) is 64.3 Å². The molecule has 4 aromatic carbocycles. The van der Waals surface area contributed by atoms with E-state index < -0.39 is 5.97 Å². The van der Waals surface area contributed by atoms with Gasteiger partial charge in [-0.2, -0.15) is 5.26 Å². The Kier molecular flexibility index (Phi) is 7.81. The van der Waals surface area contributed by atoms with E-state index in [0.717, 1.165) is 36.2 Å². The van der Waals surface area contributed by atoms with E-state index in [1.54, 1.807) is 12.1 Å². The summed E-state index contributed by atoms with van der Waals surface area (Å²) in [5.74, 6) is -1.22. The van der Waals surface area contributed by atoms with Crippen molar-refractivity contribution in [1.82, 2.24) is 0 Å². The summed E-state index contributed by atoms with van der Waals surface area (Å²) in [6, 6.07) is 37.6. The predicted octanol–water partition coefficient (Wildman–Crippen LogP) is 7.91. The Hall–Kier alpha value is -5.14. The first kappa shape index (κ1) is 25.5. The molecule has 1 N–H and O–H groups in total. The van der Waals surface area contributed by atoms with Crippen molar-refractivity contribution < 1.29 is 9.90 Å². The Morgan fingerprint density at radius 2 is 1.49 bits per heavy atom. The smallest absolute Gasteiger partial charge is 0.346 e. The molecule has 0 atom stereocenters. The van der Waals surface area contributed by atoms with Crippen LogP contribution >= 0.6 is 0 Å². The number of hydrogen-bond acceptors (Lipinski definition) is 3. The summed E-state index contributed by atoms with van der Waals surface area (Å²) < 4.78 is 0. The number of aliphatic carboxylic acids is 1.